The molecule has 0 spiro atoms. The number of unbranched alkanes of at least 4 members (excludes halogenated alkanes) is 40. The van der Waals surface area contributed by atoms with E-state index in [4.69, 9.17) is 0 Å². The van der Waals surface area contributed by atoms with E-state index < -0.39 is 0 Å². The zero-order chi connectivity index (χ0) is 58.9. The molecule has 0 aliphatic carbocycles. The van der Waals surface area contributed by atoms with Crippen LogP contribution in [0.4, 0.5) is 0 Å². The normalized spacial score (nSPS) is 12.3. The second-order valence-electron chi connectivity index (χ2n) is 28.4. The molecule has 2 aromatic rings. The van der Waals surface area contributed by atoms with Crippen molar-refractivity contribution in [1.29, 1.82) is 0 Å². The van der Waals surface area contributed by atoms with Gasteiger partial charge < -0.3 is 10.2 Å². The van der Waals surface area contributed by atoms with Crippen molar-refractivity contribution in [3.8, 4) is 11.5 Å². The van der Waals surface area contributed by atoms with Gasteiger partial charge in [-0.15, -0.1) is 0 Å². The van der Waals surface area contributed by atoms with Crippen LogP contribution in [0.3, 0.4) is 0 Å². The van der Waals surface area contributed by atoms with Gasteiger partial charge in [-0.3, -0.25) is 0 Å². The lowest BCUT2D eigenvalue weighted by Gasteiger charge is -2.37. The smallest absolute Gasteiger partial charge is 0.123 e. The molecule has 0 radical (unpaired) electrons. The molecule has 2 heteroatoms. The first-order valence-electron chi connectivity index (χ1n) is 36.4. The summed E-state index contributed by atoms with van der Waals surface area (Å²) in [6.45, 7) is 30.9. The first-order valence-corrected chi connectivity index (χ1v) is 36.4. The van der Waals surface area contributed by atoms with Crippen molar-refractivity contribution >= 4 is 0 Å². The third-order valence-corrected chi connectivity index (χ3v) is 18.9. The lowest BCUT2D eigenvalue weighted by molar-refractivity contribution is 0.431. The maximum atomic E-state index is 12.9. The summed E-state index contributed by atoms with van der Waals surface area (Å²) in [7, 11) is 0. The fourth-order valence-corrected chi connectivity index (χ4v) is 14.3. The minimum atomic E-state index is -0.193. The van der Waals surface area contributed by atoms with E-state index in [1.54, 1.807) is 11.1 Å². The van der Waals surface area contributed by atoms with E-state index in [9.17, 15) is 10.2 Å². The van der Waals surface area contributed by atoms with Gasteiger partial charge in [0.25, 0.3) is 0 Å². The molecular weight excluding hydrogens is 969 g/mol. The van der Waals surface area contributed by atoms with Crippen LogP contribution in [0.25, 0.3) is 0 Å². The number of phenolic OH excluding ortho intramolecular Hbond substituents is 2. The molecule has 0 aliphatic heterocycles. The number of benzene rings is 2. The highest BCUT2D eigenvalue weighted by Crippen LogP contribution is 2.51. The highest BCUT2D eigenvalue weighted by Gasteiger charge is 2.36. The standard InChI is InChI=1S/C78H142O2/c1-14-19-23-27-31-35-39-43-47-51-55-60-66-64(6)71(69(73(75(66)79)77(8,9)10)62-57-53-49-45-41-37-33-29-25-21-16-3)68(59-18-5)72-65(7)67(61-56-52-48-44-40-36-32-28-24-20-15-2)76(80)74(78(11,12)13)70(72)63-58-54-50-46-42-38-34-30-26-22-17-4/h68,79-80H,14-63H2,1-13H3. The molecule has 0 bridgehead atoms. The molecule has 2 aromatic carbocycles. The molecule has 0 aromatic heterocycles. The van der Waals surface area contributed by atoms with Crippen LogP contribution in [0, 0.1) is 13.8 Å². The summed E-state index contributed by atoms with van der Waals surface area (Å²) >= 11 is 0. The van der Waals surface area contributed by atoms with Gasteiger partial charge in [0.15, 0.2) is 0 Å². The molecule has 466 valence electrons. The van der Waals surface area contributed by atoms with Gasteiger partial charge in [0.1, 0.15) is 11.5 Å². The fraction of sp³-hybridized carbons (Fsp3) is 0.846. The monoisotopic (exact) mass is 1110 g/mol. The average molecular weight is 1110 g/mol. The van der Waals surface area contributed by atoms with Gasteiger partial charge in [0, 0.05) is 17.0 Å². The van der Waals surface area contributed by atoms with Crippen molar-refractivity contribution in [3.63, 3.8) is 0 Å². The van der Waals surface area contributed by atoms with Gasteiger partial charge in [-0.25, -0.2) is 0 Å². The first-order chi connectivity index (χ1) is 38.6. The molecule has 80 heavy (non-hydrogen) atoms. The average Bonchev–Trinajstić information content (AvgIpc) is 3.56. The molecule has 0 heterocycles. The Labute approximate surface area is 502 Å². The zero-order valence-electron chi connectivity index (χ0n) is 56.8. The number of rotatable bonds is 52. The largest absolute Gasteiger partial charge is 0.507 e. The Balaban J connectivity index is 2.78. The lowest BCUT2D eigenvalue weighted by atomic mass is 9.68. The van der Waals surface area contributed by atoms with E-state index in [2.05, 4.69) is 90.0 Å². The van der Waals surface area contributed by atoms with Crippen LogP contribution in [-0.4, -0.2) is 10.2 Å². The number of phenols is 2. The second-order valence-corrected chi connectivity index (χ2v) is 28.4. The van der Waals surface area contributed by atoms with Crippen molar-refractivity contribution in [2.75, 3.05) is 0 Å². The molecule has 0 unspecified atom stereocenters. The highest BCUT2D eigenvalue weighted by molar-refractivity contribution is 5.64. The Morgan fingerprint density at radius 2 is 0.450 bits per heavy atom. The predicted octanol–water partition coefficient (Wildman–Crippen LogP) is 26.7. The molecule has 2 N–H and O–H groups in total. The van der Waals surface area contributed by atoms with Crippen LogP contribution in [0.5, 0.6) is 11.5 Å². The Kier molecular flexibility index (Phi) is 42.1. The summed E-state index contributed by atoms with van der Waals surface area (Å²) in [5.41, 5.74) is 13.4. The van der Waals surface area contributed by atoms with E-state index in [0.29, 0.717) is 11.5 Å². The Bertz CT molecular complexity index is 1690. The van der Waals surface area contributed by atoms with Gasteiger partial charge in [0.05, 0.1) is 0 Å². The van der Waals surface area contributed by atoms with Crippen LogP contribution in [0.2, 0.25) is 0 Å². The predicted molar refractivity (Wildman–Crippen MR) is 360 cm³/mol. The van der Waals surface area contributed by atoms with Crippen LogP contribution in [0.15, 0.2) is 0 Å². The van der Waals surface area contributed by atoms with E-state index in [-0.39, 0.29) is 16.7 Å². The van der Waals surface area contributed by atoms with Gasteiger partial charge in [0.2, 0.25) is 0 Å². The fourth-order valence-electron chi connectivity index (χ4n) is 14.3. The van der Waals surface area contributed by atoms with Crippen molar-refractivity contribution in [1.82, 2.24) is 0 Å². The summed E-state index contributed by atoms with van der Waals surface area (Å²) in [5.74, 6) is 1.46. The molecule has 0 amide bonds. The van der Waals surface area contributed by atoms with Crippen molar-refractivity contribution in [2.45, 2.75) is 428 Å². The maximum absolute atomic E-state index is 12.9. The van der Waals surface area contributed by atoms with Crippen molar-refractivity contribution in [2.24, 2.45) is 0 Å². The lowest BCUT2D eigenvalue weighted by Crippen LogP contribution is -2.23. The van der Waals surface area contributed by atoms with Crippen molar-refractivity contribution < 1.29 is 10.2 Å². The molecule has 2 rings (SSSR count). The molecule has 0 atom stereocenters. The van der Waals surface area contributed by atoms with Crippen LogP contribution < -0.4 is 0 Å². The molecule has 0 saturated heterocycles. The van der Waals surface area contributed by atoms with E-state index in [1.165, 1.54) is 314 Å². The summed E-state index contributed by atoms with van der Waals surface area (Å²) in [6, 6.07) is 0. The van der Waals surface area contributed by atoms with Crippen molar-refractivity contribution in [3.05, 3.63) is 55.6 Å². The summed E-state index contributed by atoms with van der Waals surface area (Å²) in [4.78, 5) is 0. The zero-order valence-corrected chi connectivity index (χ0v) is 56.8. The molecular formula is C78H142O2. The number of aromatic hydroxyl groups is 2. The number of hydrogen-bond donors (Lipinski definition) is 2. The third kappa shape index (κ3) is 29.2. The molecule has 0 saturated carbocycles. The molecule has 0 aliphatic rings. The second kappa shape index (κ2) is 45.4. The van der Waals surface area contributed by atoms with Gasteiger partial charge >= 0.3 is 0 Å². The summed E-state index contributed by atoms with van der Waals surface area (Å²) in [6.07, 6.45) is 65.2. The van der Waals surface area contributed by atoms with E-state index >= 15 is 0 Å². The Morgan fingerprint density at radius 1 is 0.263 bits per heavy atom. The van der Waals surface area contributed by atoms with Crippen LogP contribution in [0.1, 0.15) is 433 Å². The van der Waals surface area contributed by atoms with Gasteiger partial charge in [-0.1, -0.05) is 339 Å². The SMILES string of the molecule is CCCCCCCCCCCCCc1c(C)c(C(CCC)c2c(C)c(CCCCCCCCCCCCC)c(O)c(C(C)(C)C)c2CCCCCCCCCCCCC)c(CCCCCCCCCCCCC)c(C(C)(C)C)c1O. The first kappa shape index (κ1) is 74.1. The Morgan fingerprint density at radius 3 is 0.637 bits per heavy atom. The van der Waals surface area contributed by atoms with E-state index in [1.807, 2.05) is 0 Å². The number of hydrogen-bond acceptors (Lipinski definition) is 2. The minimum Gasteiger partial charge on any atom is -0.507 e. The van der Waals surface area contributed by atoms with Gasteiger partial charge in [-0.2, -0.15) is 0 Å². The summed E-state index contributed by atoms with van der Waals surface area (Å²) < 4.78 is 0. The third-order valence-electron chi connectivity index (χ3n) is 18.9. The Hall–Kier alpha value is -1.96. The highest BCUT2D eigenvalue weighted by atomic mass is 16.3. The van der Waals surface area contributed by atoms with Crippen LogP contribution >= 0.6 is 0 Å². The quantitative estimate of drug-likeness (QED) is 0.0648. The van der Waals surface area contributed by atoms with E-state index in [0.717, 1.165) is 51.4 Å². The molecule has 0 fully saturated rings. The summed E-state index contributed by atoms with van der Waals surface area (Å²) in [5, 5.41) is 25.9. The van der Waals surface area contributed by atoms with Crippen LogP contribution in [-0.2, 0) is 36.5 Å². The molecule has 2 nitrogen and oxygen atoms in total. The topological polar surface area (TPSA) is 40.5 Å². The minimum absolute atomic E-state index is 0.193. The van der Waals surface area contributed by atoms with Gasteiger partial charge in [-0.05, 0) is 127 Å². The maximum Gasteiger partial charge on any atom is 0.123 e.